The van der Waals surface area contributed by atoms with Crippen LogP contribution in [0.1, 0.15) is 27.2 Å². The van der Waals surface area contributed by atoms with Gasteiger partial charge in [0.15, 0.2) is 0 Å². The summed E-state index contributed by atoms with van der Waals surface area (Å²) in [5, 5.41) is 21.8. The van der Waals surface area contributed by atoms with Gasteiger partial charge in [-0.05, 0) is 6.42 Å². The lowest BCUT2D eigenvalue weighted by Gasteiger charge is -2.26. The van der Waals surface area contributed by atoms with Gasteiger partial charge < -0.3 is 20.3 Å². The summed E-state index contributed by atoms with van der Waals surface area (Å²) in [6.07, 6.45) is 0.567. The van der Waals surface area contributed by atoms with Gasteiger partial charge in [0.25, 0.3) is 0 Å². The third-order valence-electron chi connectivity index (χ3n) is 2.02. The minimum atomic E-state index is -1.29. The normalized spacial score (nSPS) is 13.2. The van der Waals surface area contributed by atoms with E-state index in [9.17, 15) is 14.7 Å². The molecule has 1 atom stereocenters. The summed E-state index contributed by atoms with van der Waals surface area (Å²) in [4.78, 5) is 21.5. The second-order valence-electron chi connectivity index (χ2n) is 4.12. The number of nitrogens with one attached hydrogen (secondary N) is 1. The van der Waals surface area contributed by atoms with Crippen LogP contribution in [-0.2, 0) is 9.59 Å². The molecule has 0 aromatic carbocycles. The summed E-state index contributed by atoms with van der Waals surface area (Å²) in [6, 6.07) is -0.986. The Morgan fingerprint density at radius 3 is 2.44 bits per heavy atom. The zero-order valence-electron chi connectivity index (χ0n) is 9.78. The van der Waals surface area contributed by atoms with Crippen molar-refractivity contribution in [3.63, 3.8) is 0 Å². The molecule has 0 saturated carbocycles. The maximum Gasteiger partial charge on any atom is 0.217 e. The lowest BCUT2D eigenvalue weighted by atomic mass is 10.1. The van der Waals surface area contributed by atoms with Gasteiger partial charge in [-0.1, -0.05) is 13.8 Å². The maximum absolute atomic E-state index is 10.8. The molecular weight excluding hydrogens is 230 g/mol. The van der Waals surface area contributed by atoms with E-state index in [1.165, 1.54) is 18.7 Å². The molecule has 94 valence electrons. The number of carboxylic acids is 1. The molecule has 0 aliphatic rings. The number of hydrogen-bond acceptors (Lipinski definition) is 5. The summed E-state index contributed by atoms with van der Waals surface area (Å²) < 4.78 is -0.221. The molecule has 6 heteroatoms. The van der Waals surface area contributed by atoms with Crippen LogP contribution in [0.15, 0.2) is 0 Å². The standard InChI is InChI=1S/C10H19NO4S/c1-7(13)11-8(9(14)15)6-16-10(2,3)4-5-12/h8,12H,4-6H2,1-3H3,(H,11,13)(H,14,15)/p-1/t8-/m0/s1. The Morgan fingerprint density at radius 1 is 1.50 bits per heavy atom. The van der Waals surface area contributed by atoms with Crippen molar-refractivity contribution < 1.29 is 19.8 Å². The van der Waals surface area contributed by atoms with E-state index in [1.54, 1.807) is 0 Å². The molecule has 0 aliphatic carbocycles. The molecule has 2 N–H and O–H groups in total. The summed E-state index contributed by atoms with van der Waals surface area (Å²) in [7, 11) is 0. The van der Waals surface area contributed by atoms with Crippen LogP contribution in [-0.4, -0.2) is 40.1 Å². The van der Waals surface area contributed by atoms with E-state index < -0.39 is 17.9 Å². The maximum atomic E-state index is 10.8. The first kappa shape index (κ1) is 15.2. The van der Waals surface area contributed by atoms with Crippen molar-refractivity contribution in [2.45, 2.75) is 38.0 Å². The molecular formula is C10H18NO4S-. The second-order valence-corrected chi connectivity index (χ2v) is 5.84. The second kappa shape index (κ2) is 6.75. The molecule has 0 bridgehead atoms. The van der Waals surface area contributed by atoms with E-state index in [1.807, 2.05) is 13.8 Å². The van der Waals surface area contributed by atoms with Gasteiger partial charge >= 0.3 is 0 Å². The number of aliphatic carboxylic acids is 1. The highest BCUT2D eigenvalue weighted by Crippen LogP contribution is 2.28. The van der Waals surface area contributed by atoms with Gasteiger partial charge in [-0.3, -0.25) is 4.79 Å². The van der Waals surface area contributed by atoms with Crippen LogP contribution < -0.4 is 10.4 Å². The Labute approximate surface area is 99.6 Å². The van der Waals surface area contributed by atoms with E-state index in [-0.39, 0.29) is 17.1 Å². The Bertz CT molecular complexity index is 255. The lowest BCUT2D eigenvalue weighted by Crippen LogP contribution is -2.49. The van der Waals surface area contributed by atoms with Crippen molar-refractivity contribution in [1.29, 1.82) is 0 Å². The Morgan fingerprint density at radius 2 is 2.06 bits per heavy atom. The number of aliphatic hydroxyl groups excluding tert-OH is 1. The quantitative estimate of drug-likeness (QED) is 0.611. The minimum Gasteiger partial charge on any atom is -0.548 e. The van der Waals surface area contributed by atoms with Gasteiger partial charge in [0.1, 0.15) is 0 Å². The number of rotatable bonds is 7. The van der Waals surface area contributed by atoms with E-state index in [0.29, 0.717) is 6.42 Å². The van der Waals surface area contributed by atoms with Crippen LogP contribution in [0.4, 0.5) is 0 Å². The lowest BCUT2D eigenvalue weighted by molar-refractivity contribution is -0.307. The van der Waals surface area contributed by atoms with Crippen LogP contribution in [0.25, 0.3) is 0 Å². The molecule has 0 aromatic rings. The molecule has 0 unspecified atom stereocenters. The zero-order chi connectivity index (χ0) is 12.8. The van der Waals surface area contributed by atoms with Gasteiger partial charge in [-0.25, -0.2) is 0 Å². The largest absolute Gasteiger partial charge is 0.548 e. The molecule has 0 heterocycles. The minimum absolute atomic E-state index is 0.0517. The third kappa shape index (κ3) is 6.68. The Balaban J connectivity index is 4.21. The van der Waals surface area contributed by atoms with Gasteiger partial charge in [-0.15, -0.1) is 0 Å². The van der Waals surface area contributed by atoms with E-state index in [2.05, 4.69) is 5.32 Å². The monoisotopic (exact) mass is 248 g/mol. The molecule has 0 radical (unpaired) electrons. The average Bonchev–Trinajstić information content (AvgIpc) is 2.11. The molecule has 1 amide bonds. The number of hydrogen-bond donors (Lipinski definition) is 2. The van der Waals surface area contributed by atoms with Crippen molar-refractivity contribution >= 4 is 23.6 Å². The molecule has 0 fully saturated rings. The van der Waals surface area contributed by atoms with Gasteiger partial charge in [-0.2, -0.15) is 11.8 Å². The van der Waals surface area contributed by atoms with Crippen LogP contribution in [0.5, 0.6) is 0 Å². The number of aliphatic hydroxyl groups is 1. The van der Waals surface area contributed by atoms with Crippen LogP contribution in [0.2, 0.25) is 0 Å². The fourth-order valence-corrected chi connectivity index (χ4v) is 2.14. The summed E-state index contributed by atoms with van der Waals surface area (Å²) >= 11 is 1.39. The smallest absolute Gasteiger partial charge is 0.217 e. The Hall–Kier alpha value is -0.750. The highest BCUT2D eigenvalue weighted by atomic mass is 32.2. The predicted molar refractivity (Wildman–Crippen MR) is 60.9 cm³/mol. The SMILES string of the molecule is CC(=O)N[C@@H](CSC(C)(C)CCO)C(=O)[O-]. The van der Waals surface area contributed by atoms with Crippen molar-refractivity contribution in [2.75, 3.05) is 12.4 Å². The number of carbonyl (C=O) groups excluding carboxylic acids is 2. The predicted octanol–water partition coefficient (Wildman–Crippen LogP) is -0.865. The van der Waals surface area contributed by atoms with Crippen LogP contribution in [0.3, 0.4) is 0 Å². The van der Waals surface area contributed by atoms with Gasteiger partial charge in [0.2, 0.25) is 5.91 Å². The van der Waals surface area contributed by atoms with Crippen molar-refractivity contribution in [2.24, 2.45) is 0 Å². The molecule has 5 nitrogen and oxygen atoms in total. The number of amides is 1. The van der Waals surface area contributed by atoms with E-state index in [4.69, 9.17) is 5.11 Å². The number of carbonyl (C=O) groups is 2. The third-order valence-corrected chi connectivity index (χ3v) is 3.50. The first-order valence-electron chi connectivity index (χ1n) is 5.01. The number of carboxylic acid groups (broad SMARTS) is 1. The highest BCUT2D eigenvalue weighted by molar-refractivity contribution is 8.00. The molecule has 0 aromatic heterocycles. The van der Waals surface area contributed by atoms with Crippen molar-refractivity contribution in [3.05, 3.63) is 0 Å². The Kier molecular flexibility index (Phi) is 6.43. The molecule has 0 aliphatic heterocycles. The zero-order valence-corrected chi connectivity index (χ0v) is 10.6. The highest BCUT2D eigenvalue weighted by Gasteiger charge is 2.21. The topological polar surface area (TPSA) is 89.5 Å². The van der Waals surface area contributed by atoms with Crippen LogP contribution >= 0.6 is 11.8 Å². The molecule has 0 spiro atoms. The summed E-state index contributed by atoms with van der Waals surface area (Å²) in [5.74, 6) is -1.45. The van der Waals surface area contributed by atoms with Crippen molar-refractivity contribution in [1.82, 2.24) is 5.32 Å². The molecule has 0 rings (SSSR count). The summed E-state index contributed by atoms with van der Waals surface area (Å²) in [6.45, 7) is 5.14. The fraction of sp³-hybridized carbons (Fsp3) is 0.800. The van der Waals surface area contributed by atoms with E-state index in [0.717, 1.165) is 0 Å². The van der Waals surface area contributed by atoms with Gasteiger partial charge in [0.05, 0.1) is 12.0 Å². The fourth-order valence-electron chi connectivity index (χ4n) is 1.06. The van der Waals surface area contributed by atoms with E-state index >= 15 is 0 Å². The average molecular weight is 248 g/mol. The van der Waals surface area contributed by atoms with Crippen molar-refractivity contribution in [3.8, 4) is 0 Å². The first-order chi connectivity index (χ1) is 7.28. The molecule has 16 heavy (non-hydrogen) atoms. The van der Waals surface area contributed by atoms with Crippen LogP contribution in [0, 0.1) is 0 Å². The first-order valence-corrected chi connectivity index (χ1v) is 6.00. The molecule has 0 saturated heterocycles. The summed E-state index contributed by atoms with van der Waals surface area (Å²) in [5.41, 5.74) is 0. The number of thioether (sulfide) groups is 1. The van der Waals surface area contributed by atoms with Gasteiger partial charge in [0, 0.05) is 24.0 Å².